The number of fused-ring (bicyclic) bond motifs is 1. The minimum absolute atomic E-state index is 0.379. The summed E-state index contributed by atoms with van der Waals surface area (Å²) in [7, 11) is 0. The van der Waals surface area contributed by atoms with Crippen molar-refractivity contribution in [3.05, 3.63) is 47.1 Å². The van der Waals surface area contributed by atoms with Gasteiger partial charge in [0.25, 0.3) is 0 Å². The molecule has 4 heteroatoms. The Labute approximate surface area is 113 Å². The number of hydrogen-bond acceptors (Lipinski definition) is 4. The topological polar surface area (TPSA) is 64.9 Å². The highest BCUT2D eigenvalue weighted by atomic mass is 16.5. The standard InChI is InChI=1S/C15H19N3O/c16-8-4-3-7-14-17-15(18-19-14)13-9-11-5-1-2-6-12(11)10-13/h1-2,5-6,13H,3-4,7-10,16H2. The van der Waals surface area contributed by atoms with E-state index in [4.69, 9.17) is 10.3 Å². The molecule has 2 N–H and O–H groups in total. The molecule has 3 rings (SSSR count). The van der Waals surface area contributed by atoms with Crippen molar-refractivity contribution in [1.29, 1.82) is 0 Å². The van der Waals surface area contributed by atoms with Gasteiger partial charge < -0.3 is 10.3 Å². The molecule has 4 nitrogen and oxygen atoms in total. The van der Waals surface area contributed by atoms with Crippen LogP contribution in [0.4, 0.5) is 0 Å². The maximum absolute atomic E-state index is 5.48. The van der Waals surface area contributed by atoms with Gasteiger partial charge in [0, 0.05) is 12.3 Å². The first-order valence-electron chi connectivity index (χ1n) is 6.96. The van der Waals surface area contributed by atoms with E-state index >= 15 is 0 Å². The van der Waals surface area contributed by atoms with Crippen molar-refractivity contribution in [2.24, 2.45) is 5.73 Å². The number of nitrogens with zero attached hydrogens (tertiary/aromatic N) is 2. The molecular formula is C15H19N3O. The van der Waals surface area contributed by atoms with E-state index in [2.05, 4.69) is 34.4 Å². The second-order valence-electron chi connectivity index (χ2n) is 5.17. The molecule has 19 heavy (non-hydrogen) atoms. The zero-order valence-corrected chi connectivity index (χ0v) is 11.0. The molecule has 1 aromatic carbocycles. The molecule has 0 saturated heterocycles. The Kier molecular flexibility index (Phi) is 3.60. The summed E-state index contributed by atoms with van der Waals surface area (Å²) in [5, 5.41) is 4.14. The van der Waals surface area contributed by atoms with Crippen molar-refractivity contribution >= 4 is 0 Å². The number of rotatable bonds is 5. The fourth-order valence-corrected chi connectivity index (χ4v) is 2.70. The average Bonchev–Trinajstić information content (AvgIpc) is 3.04. The minimum Gasteiger partial charge on any atom is -0.339 e. The van der Waals surface area contributed by atoms with Gasteiger partial charge in [-0.3, -0.25) is 0 Å². The highest BCUT2D eigenvalue weighted by molar-refractivity contribution is 5.34. The van der Waals surface area contributed by atoms with Gasteiger partial charge in [-0.1, -0.05) is 29.4 Å². The van der Waals surface area contributed by atoms with Crippen LogP contribution in [0, 0.1) is 0 Å². The fraction of sp³-hybridized carbons (Fsp3) is 0.467. The molecule has 0 aliphatic heterocycles. The van der Waals surface area contributed by atoms with Crippen molar-refractivity contribution in [1.82, 2.24) is 10.1 Å². The summed E-state index contributed by atoms with van der Waals surface area (Å²) >= 11 is 0. The Hall–Kier alpha value is -1.68. The van der Waals surface area contributed by atoms with E-state index < -0.39 is 0 Å². The maximum atomic E-state index is 5.48. The summed E-state index contributed by atoms with van der Waals surface area (Å²) in [6.07, 6.45) is 4.91. The summed E-state index contributed by atoms with van der Waals surface area (Å²) in [6, 6.07) is 8.57. The molecular weight excluding hydrogens is 238 g/mol. The molecule has 1 aliphatic rings. The summed E-state index contributed by atoms with van der Waals surface area (Å²) in [5.41, 5.74) is 8.32. The van der Waals surface area contributed by atoms with Gasteiger partial charge in [0.15, 0.2) is 5.82 Å². The smallest absolute Gasteiger partial charge is 0.226 e. The second kappa shape index (κ2) is 5.53. The van der Waals surface area contributed by atoms with Crippen LogP contribution in [-0.2, 0) is 19.3 Å². The Morgan fingerprint density at radius 3 is 2.58 bits per heavy atom. The highest BCUT2D eigenvalue weighted by Gasteiger charge is 2.26. The lowest BCUT2D eigenvalue weighted by Crippen LogP contribution is -2.01. The molecule has 1 aliphatic carbocycles. The normalized spacial score (nSPS) is 14.8. The lowest BCUT2D eigenvalue weighted by atomic mass is 10.1. The molecule has 0 bridgehead atoms. The van der Waals surface area contributed by atoms with Crippen LogP contribution in [0.2, 0.25) is 0 Å². The second-order valence-corrected chi connectivity index (χ2v) is 5.17. The molecule has 0 fully saturated rings. The van der Waals surface area contributed by atoms with Crippen molar-refractivity contribution < 1.29 is 4.52 Å². The van der Waals surface area contributed by atoms with Crippen LogP contribution in [0.25, 0.3) is 0 Å². The lowest BCUT2D eigenvalue weighted by Gasteiger charge is -2.00. The molecule has 0 unspecified atom stereocenters. The number of unbranched alkanes of at least 4 members (excludes halogenated alkanes) is 1. The van der Waals surface area contributed by atoms with E-state index in [0.717, 1.165) is 50.4 Å². The number of benzene rings is 1. The van der Waals surface area contributed by atoms with Crippen molar-refractivity contribution in [3.63, 3.8) is 0 Å². The van der Waals surface area contributed by atoms with Crippen molar-refractivity contribution in [3.8, 4) is 0 Å². The number of nitrogens with two attached hydrogens (primary N) is 1. The van der Waals surface area contributed by atoms with E-state index in [9.17, 15) is 0 Å². The van der Waals surface area contributed by atoms with Gasteiger partial charge in [-0.2, -0.15) is 4.98 Å². The zero-order chi connectivity index (χ0) is 13.1. The van der Waals surface area contributed by atoms with Crippen LogP contribution in [0.1, 0.15) is 41.6 Å². The fourth-order valence-electron chi connectivity index (χ4n) is 2.70. The number of hydrogen-bond donors (Lipinski definition) is 1. The third-order valence-corrected chi connectivity index (χ3v) is 3.74. The van der Waals surface area contributed by atoms with Gasteiger partial charge >= 0.3 is 0 Å². The van der Waals surface area contributed by atoms with E-state index in [1.54, 1.807) is 0 Å². The van der Waals surface area contributed by atoms with Gasteiger partial charge in [0.1, 0.15) is 0 Å². The average molecular weight is 257 g/mol. The number of aromatic nitrogens is 2. The minimum atomic E-state index is 0.379. The Balaban J connectivity index is 1.65. The van der Waals surface area contributed by atoms with Crippen molar-refractivity contribution in [2.75, 3.05) is 6.54 Å². The van der Waals surface area contributed by atoms with E-state index in [1.807, 2.05) is 0 Å². The summed E-state index contributed by atoms with van der Waals surface area (Å²) in [4.78, 5) is 4.53. The van der Waals surface area contributed by atoms with Crippen molar-refractivity contribution in [2.45, 2.75) is 38.0 Å². The van der Waals surface area contributed by atoms with Gasteiger partial charge in [-0.05, 0) is 43.4 Å². The molecule has 0 spiro atoms. The quantitative estimate of drug-likeness (QED) is 0.834. The molecule has 0 amide bonds. The first kappa shape index (κ1) is 12.4. The van der Waals surface area contributed by atoms with Gasteiger partial charge in [0.2, 0.25) is 5.89 Å². The molecule has 0 radical (unpaired) electrons. The monoisotopic (exact) mass is 257 g/mol. The molecule has 0 saturated carbocycles. The number of aryl methyl sites for hydroxylation is 1. The molecule has 0 atom stereocenters. The summed E-state index contributed by atoms with van der Waals surface area (Å²) in [5.74, 6) is 1.99. The first-order chi connectivity index (χ1) is 9.36. The van der Waals surface area contributed by atoms with Crippen LogP contribution in [0.15, 0.2) is 28.8 Å². The van der Waals surface area contributed by atoms with Gasteiger partial charge in [-0.15, -0.1) is 0 Å². The van der Waals surface area contributed by atoms with Gasteiger partial charge in [0.05, 0.1) is 0 Å². The van der Waals surface area contributed by atoms with Crippen LogP contribution in [0.5, 0.6) is 0 Å². The Bertz CT molecular complexity index is 525. The zero-order valence-electron chi connectivity index (χ0n) is 11.0. The largest absolute Gasteiger partial charge is 0.339 e. The van der Waals surface area contributed by atoms with E-state index in [1.165, 1.54) is 11.1 Å². The third-order valence-electron chi connectivity index (χ3n) is 3.74. The highest BCUT2D eigenvalue weighted by Crippen LogP contribution is 2.32. The van der Waals surface area contributed by atoms with Gasteiger partial charge in [-0.25, -0.2) is 0 Å². The Morgan fingerprint density at radius 1 is 1.16 bits per heavy atom. The first-order valence-corrected chi connectivity index (χ1v) is 6.96. The predicted octanol–water partition coefficient (Wildman–Crippen LogP) is 2.23. The molecule has 2 aromatic rings. The SMILES string of the molecule is NCCCCc1nc(C2Cc3ccccc3C2)no1. The van der Waals surface area contributed by atoms with Crippen LogP contribution >= 0.6 is 0 Å². The Morgan fingerprint density at radius 2 is 1.89 bits per heavy atom. The predicted molar refractivity (Wildman–Crippen MR) is 72.9 cm³/mol. The summed E-state index contributed by atoms with van der Waals surface area (Å²) in [6.45, 7) is 0.721. The van der Waals surface area contributed by atoms with E-state index in [0.29, 0.717) is 5.92 Å². The molecule has 1 aromatic heterocycles. The van der Waals surface area contributed by atoms with Crippen LogP contribution < -0.4 is 5.73 Å². The van der Waals surface area contributed by atoms with E-state index in [-0.39, 0.29) is 0 Å². The maximum Gasteiger partial charge on any atom is 0.226 e. The molecule has 1 heterocycles. The van der Waals surface area contributed by atoms with Crippen LogP contribution in [-0.4, -0.2) is 16.7 Å². The lowest BCUT2D eigenvalue weighted by molar-refractivity contribution is 0.366. The third kappa shape index (κ3) is 2.68. The molecule has 100 valence electrons. The summed E-state index contributed by atoms with van der Waals surface area (Å²) < 4.78 is 5.32. The van der Waals surface area contributed by atoms with Crippen LogP contribution in [0.3, 0.4) is 0 Å².